The highest BCUT2D eigenvalue weighted by Crippen LogP contribution is 2.40. The topological polar surface area (TPSA) is 79.6 Å². The van der Waals surface area contributed by atoms with E-state index in [9.17, 15) is 14.0 Å². The number of carbonyl (C=O) groups is 2. The molecule has 0 aromatic heterocycles. The molecule has 3 aromatic carbocycles. The van der Waals surface area contributed by atoms with E-state index in [1.807, 2.05) is 0 Å². The standard InChI is InChI=1S/C26H17BrClFN2O4S/c1-34-22-10-17(9-19(27)24(22)35-14-16-7-5-15(12-30)6-8-16)11-23-25(32)31(26(33)36-23)13-18-20(28)3-2-4-21(18)29/h2-11H,13-14H2,1H3/b23-11+. The molecule has 0 N–H and O–H groups in total. The average molecular weight is 588 g/mol. The number of nitriles is 1. The van der Waals surface area contributed by atoms with Gasteiger partial charge in [0.1, 0.15) is 12.4 Å². The highest BCUT2D eigenvalue weighted by Gasteiger charge is 2.36. The number of halogens is 3. The Hall–Kier alpha value is -3.32. The lowest BCUT2D eigenvalue weighted by Crippen LogP contribution is -2.28. The van der Waals surface area contributed by atoms with Crippen LogP contribution in [0.1, 0.15) is 22.3 Å². The number of benzene rings is 3. The van der Waals surface area contributed by atoms with Crippen LogP contribution >= 0.6 is 39.3 Å². The fourth-order valence-corrected chi connectivity index (χ4v) is 5.06. The van der Waals surface area contributed by atoms with Gasteiger partial charge in [-0.3, -0.25) is 14.5 Å². The third kappa shape index (κ3) is 5.57. The van der Waals surface area contributed by atoms with Crippen LogP contribution in [-0.4, -0.2) is 23.2 Å². The lowest BCUT2D eigenvalue weighted by molar-refractivity contribution is -0.123. The predicted octanol–water partition coefficient (Wildman–Crippen LogP) is 6.94. The minimum Gasteiger partial charge on any atom is -0.493 e. The maximum atomic E-state index is 14.2. The van der Waals surface area contributed by atoms with Gasteiger partial charge in [-0.15, -0.1) is 0 Å². The van der Waals surface area contributed by atoms with Gasteiger partial charge in [-0.05, 0) is 81.3 Å². The van der Waals surface area contributed by atoms with Crippen LogP contribution < -0.4 is 9.47 Å². The maximum absolute atomic E-state index is 14.2. The van der Waals surface area contributed by atoms with Crippen molar-refractivity contribution in [3.63, 3.8) is 0 Å². The Morgan fingerprint density at radius 3 is 2.61 bits per heavy atom. The summed E-state index contributed by atoms with van der Waals surface area (Å²) in [4.78, 5) is 26.6. The fraction of sp³-hybridized carbons (Fsp3) is 0.115. The van der Waals surface area contributed by atoms with Crippen molar-refractivity contribution in [1.82, 2.24) is 4.90 Å². The van der Waals surface area contributed by atoms with Crippen LogP contribution in [-0.2, 0) is 17.9 Å². The number of rotatable bonds is 7. The van der Waals surface area contributed by atoms with Gasteiger partial charge in [-0.25, -0.2) is 4.39 Å². The molecule has 0 bridgehead atoms. The van der Waals surface area contributed by atoms with Crippen molar-refractivity contribution in [2.75, 3.05) is 7.11 Å². The van der Waals surface area contributed by atoms with E-state index in [0.29, 0.717) is 27.1 Å². The smallest absolute Gasteiger partial charge is 0.293 e. The summed E-state index contributed by atoms with van der Waals surface area (Å²) >= 11 is 10.3. The van der Waals surface area contributed by atoms with Crippen LogP contribution in [0.4, 0.5) is 9.18 Å². The number of imide groups is 1. The molecule has 0 aliphatic carbocycles. The Kier molecular flexibility index (Phi) is 7.99. The zero-order valence-electron chi connectivity index (χ0n) is 18.8. The van der Waals surface area contributed by atoms with Crippen molar-refractivity contribution in [1.29, 1.82) is 5.26 Å². The number of hydrogen-bond donors (Lipinski definition) is 0. The van der Waals surface area contributed by atoms with Gasteiger partial charge in [-0.1, -0.05) is 29.8 Å². The molecule has 6 nitrogen and oxygen atoms in total. The summed E-state index contributed by atoms with van der Waals surface area (Å²) in [5.41, 5.74) is 2.11. The van der Waals surface area contributed by atoms with Crippen molar-refractivity contribution in [2.45, 2.75) is 13.2 Å². The molecule has 2 amide bonds. The SMILES string of the molecule is COc1cc(/C=C2/SC(=O)N(Cc3c(F)cccc3Cl)C2=O)cc(Br)c1OCc1ccc(C#N)cc1. The van der Waals surface area contributed by atoms with Gasteiger partial charge in [0.05, 0.1) is 34.7 Å². The highest BCUT2D eigenvalue weighted by atomic mass is 79.9. The van der Waals surface area contributed by atoms with Crippen molar-refractivity contribution < 1.29 is 23.5 Å². The molecule has 1 saturated heterocycles. The number of nitrogens with zero attached hydrogens (tertiary/aromatic N) is 2. The minimum atomic E-state index is -0.587. The zero-order valence-corrected chi connectivity index (χ0v) is 21.9. The van der Waals surface area contributed by atoms with Gasteiger partial charge < -0.3 is 9.47 Å². The Morgan fingerprint density at radius 2 is 1.94 bits per heavy atom. The number of amides is 2. The van der Waals surface area contributed by atoms with Crippen LogP contribution in [0.3, 0.4) is 0 Å². The molecule has 182 valence electrons. The van der Waals surface area contributed by atoms with Crippen molar-refractivity contribution >= 4 is 56.5 Å². The fourth-order valence-electron chi connectivity index (χ4n) is 3.42. The Balaban J connectivity index is 1.54. The Labute approximate surface area is 224 Å². The summed E-state index contributed by atoms with van der Waals surface area (Å²) in [6.45, 7) is -0.0137. The van der Waals surface area contributed by atoms with Gasteiger partial charge in [0, 0.05) is 10.6 Å². The molecule has 10 heteroatoms. The van der Waals surface area contributed by atoms with E-state index < -0.39 is 17.0 Å². The summed E-state index contributed by atoms with van der Waals surface area (Å²) in [6.07, 6.45) is 1.56. The molecule has 0 spiro atoms. The van der Waals surface area contributed by atoms with Crippen LogP contribution in [0.25, 0.3) is 6.08 Å². The number of ether oxygens (including phenoxy) is 2. The van der Waals surface area contributed by atoms with Crippen molar-refractivity contribution in [3.05, 3.63) is 97.1 Å². The molecule has 3 aromatic rings. The van der Waals surface area contributed by atoms with Crippen molar-refractivity contribution in [2.24, 2.45) is 0 Å². The molecule has 4 rings (SSSR count). The molecule has 0 unspecified atom stereocenters. The van der Waals surface area contributed by atoms with Crippen LogP contribution in [0, 0.1) is 17.1 Å². The monoisotopic (exact) mass is 586 g/mol. The van der Waals surface area contributed by atoms with E-state index in [1.165, 1.54) is 25.3 Å². The second-order valence-electron chi connectivity index (χ2n) is 7.60. The number of methoxy groups -OCH3 is 1. The summed E-state index contributed by atoms with van der Waals surface area (Å²) < 4.78 is 26.2. The maximum Gasteiger partial charge on any atom is 0.293 e. The molecule has 1 aliphatic heterocycles. The summed E-state index contributed by atoms with van der Waals surface area (Å²) in [5, 5.41) is 8.56. The molecular weight excluding hydrogens is 571 g/mol. The van der Waals surface area contributed by atoms with Gasteiger partial charge in [0.25, 0.3) is 11.1 Å². The molecular formula is C26H17BrClFN2O4S. The van der Waals surface area contributed by atoms with Gasteiger partial charge in [0.15, 0.2) is 11.5 Å². The molecule has 36 heavy (non-hydrogen) atoms. The third-order valence-electron chi connectivity index (χ3n) is 5.27. The second kappa shape index (κ2) is 11.2. The lowest BCUT2D eigenvalue weighted by Gasteiger charge is -2.14. The van der Waals surface area contributed by atoms with Gasteiger partial charge in [-0.2, -0.15) is 5.26 Å². The van der Waals surface area contributed by atoms with E-state index in [0.717, 1.165) is 22.2 Å². The van der Waals surface area contributed by atoms with E-state index in [-0.39, 0.29) is 28.6 Å². The van der Waals surface area contributed by atoms with Crippen LogP contribution in [0.5, 0.6) is 11.5 Å². The zero-order chi connectivity index (χ0) is 25.8. The lowest BCUT2D eigenvalue weighted by atomic mass is 10.1. The van der Waals surface area contributed by atoms with Crippen LogP contribution in [0.2, 0.25) is 5.02 Å². The second-order valence-corrected chi connectivity index (χ2v) is 9.85. The summed E-state index contributed by atoms with van der Waals surface area (Å²) in [6, 6.07) is 16.7. The molecule has 0 saturated carbocycles. The molecule has 0 radical (unpaired) electrons. The number of thioether (sulfide) groups is 1. The van der Waals surface area contributed by atoms with Gasteiger partial charge in [0.2, 0.25) is 0 Å². The largest absolute Gasteiger partial charge is 0.493 e. The first-order valence-electron chi connectivity index (χ1n) is 10.5. The Bertz CT molecular complexity index is 1400. The first-order valence-corrected chi connectivity index (χ1v) is 12.5. The quantitative estimate of drug-likeness (QED) is 0.279. The molecule has 1 fully saturated rings. The van der Waals surface area contributed by atoms with Crippen LogP contribution in [0.15, 0.2) is 64.0 Å². The first kappa shape index (κ1) is 25.8. The van der Waals surface area contributed by atoms with E-state index in [2.05, 4.69) is 22.0 Å². The molecule has 1 heterocycles. The normalized spacial score (nSPS) is 14.3. The molecule has 0 atom stereocenters. The number of hydrogen-bond acceptors (Lipinski definition) is 6. The van der Waals surface area contributed by atoms with E-state index >= 15 is 0 Å². The molecule has 1 aliphatic rings. The van der Waals surface area contributed by atoms with Crippen molar-refractivity contribution in [3.8, 4) is 17.6 Å². The van der Waals surface area contributed by atoms with E-state index in [4.69, 9.17) is 26.3 Å². The van der Waals surface area contributed by atoms with Gasteiger partial charge >= 0.3 is 0 Å². The summed E-state index contributed by atoms with van der Waals surface area (Å²) in [5.74, 6) is -0.251. The first-order chi connectivity index (χ1) is 17.3. The third-order valence-corrected chi connectivity index (χ3v) is 7.12. The average Bonchev–Trinajstić information content (AvgIpc) is 3.12. The minimum absolute atomic E-state index is 0.0795. The van der Waals surface area contributed by atoms with E-state index in [1.54, 1.807) is 42.5 Å². The highest BCUT2D eigenvalue weighted by molar-refractivity contribution is 9.10. The predicted molar refractivity (Wildman–Crippen MR) is 139 cm³/mol. The summed E-state index contributed by atoms with van der Waals surface area (Å²) in [7, 11) is 1.49. The Morgan fingerprint density at radius 1 is 1.19 bits per heavy atom. The number of carbonyl (C=O) groups excluding carboxylic acids is 2.